The first-order valence-electron chi connectivity index (χ1n) is 5.60. The number of rotatable bonds is 9. The predicted molar refractivity (Wildman–Crippen MR) is 60.5 cm³/mol. The second kappa shape index (κ2) is 11.4. The molecule has 1 heteroatoms. The van der Waals surface area contributed by atoms with E-state index in [9.17, 15) is 0 Å². The molecule has 0 aliphatic carbocycles. The summed E-state index contributed by atoms with van der Waals surface area (Å²) in [5.41, 5.74) is 0. The van der Waals surface area contributed by atoms with Crippen LogP contribution in [-0.4, -0.2) is 12.4 Å². The third kappa shape index (κ3) is 11.5. The van der Waals surface area contributed by atoms with Gasteiger partial charge in [-0.05, 0) is 18.9 Å². The van der Waals surface area contributed by atoms with E-state index in [0.29, 0.717) is 0 Å². The van der Waals surface area contributed by atoms with Crippen molar-refractivity contribution < 1.29 is 0 Å². The lowest BCUT2D eigenvalue weighted by Gasteiger charge is -1.99. The molecule has 0 unspecified atom stereocenters. The van der Waals surface area contributed by atoms with Gasteiger partial charge in [0.15, 0.2) is 0 Å². The van der Waals surface area contributed by atoms with Gasteiger partial charge in [0.05, 0.1) is 0 Å². The molecule has 0 aromatic carbocycles. The third-order valence-electron chi connectivity index (χ3n) is 2.24. The SMILES string of the molecule is C=C=NCCCCCCCCCC. The Balaban J connectivity index is 2.87. The lowest BCUT2D eigenvalue weighted by Crippen LogP contribution is -1.83. The number of aliphatic imine (C=N–C) groups is 1. The van der Waals surface area contributed by atoms with E-state index in [4.69, 9.17) is 0 Å². The molecule has 0 heterocycles. The minimum absolute atomic E-state index is 0.915. The number of nitrogens with zero attached hydrogens (tertiary/aromatic N) is 1. The van der Waals surface area contributed by atoms with Crippen LogP contribution in [0.1, 0.15) is 58.3 Å². The smallest absolute Gasteiger partial charge is 0.0483 e. The quantitative estimate of drug-likeness (QED) is 0.377. The molecular weight excluding hydrogens is 158 g/mol. The molecule has 1 nitrogen and oxygen atoms in total. The van der Waals surface area contributed by atoms with Gasteiger partial charge < -0.3 is 0 Å². The molecule has 0 saturated heterocycles. The normalized spacial score (nSPS) is 9.62. The van der Waals surface area contributed by atoms with Crippen molar-refractivity contribution in [2.24, 2.45) is 4.99 Å². The first-order valence-corrected chi connectivity index (χ1v) is 5.60. The van der Waals surface area contributed by atoms with Gasteiger partial charge in [-0.3, -0.25) is 0 Å². The highest BCUT2D eigenvalue weighted by Gasteiger charge is 1.89. The van der Waals surface area contributed by atoms with Crippen molar-refractivity contribution in [2.75, 3.05) is 6.54 Å². The van der Waals surface area contributed by atoms with Crippen molar-refractivity contribution in [1.82, 2.24) is 0 Å². The average Bonchev–Trinajstić information content (AvgIpc) is 2.16. The Morgan fingerprint density at radius 1 is 0.923 bits per heavy atom. The highest BCUT2D eigenvalue weighted by molar-refractivity contribution is 5.46. The highest BCUT2D eigenvalue weighted by atomic mass is 14.7. The third-order valence-corrected chi connectivity index (χ3v) is 2.24. The summed E-state index contributed by atoms with van der Waals surface area (Å²) in [4.78, 5) is 3.96. The maximum absolute atomic E-state index is 3.96. The Bertz CT molecular complexity index is 134. The van der Waals surface area contributed by atoms with Crippen LogP contribution in [0.4, 0.5) is 0 Å². The van der Waals surface area contributed by atoms with Crippen molar-refractivity contribution in [1.29, 1.82) is 0 Å². The number of unbranched alkanes of at least 4 members (excludes halogenated alkanes) is 7. The molecule has 0 amide bonds. The summed E-state index contributed by atoms with van der Waals surface area (Å²) in [6.45, 7) is 6.61. The summed E-state index contributed by atoms with van der Waals surface area (Å²) < 4.78 is 0. The summed E-state index contributed by atoms with van der Waals surface area (Å²) in [6.07, 6.45) is 10.9. The zero-order valence-electron chi connectivity index (χ0n) is 9.02. The Labute approximate surface area is 83.0 Å². The van der Waals surface area contributed by atoms with Crippen LogP contribution < -0.4 is 0 Å². The molecule has 0 N–H and O–H groups in total. The predicted octanol–water partition coefficient (Wildman–Crippen LogP) is 3.98. The van der Waals surface area contributed by atoms with Gasteiger partial charge >= 0.3 is 0 Å². The van der Waals surface area contributed by atoms with Crippen LogP contribution in [0.2, 0.25) is 0 Å². The molecule has 0 atom stereocenters. The van der Waals surface area contributed by atoms with Crippen molar-refractivity contribution in [3.05, 3.63) is 6.58 Å². The zero-order valence-corrected chi connectivity index (χ0v) is 9.02. The molecule has 0 spiro atoms. The summed E-state index contributed by atoms with van der Waals surface area (Å²) in [6, 6.07) is 0. The lowest BCUT2D eigenvalue weighted by molar-refractivity contribution is 0.579. The summed E-state index contributed by atoms with van der Waals surface area (Å²) in [5, 5.41) is 0. The van der Waals surface area contributed by atoms with E-state index in [0.717, 1.165) is 6.54 Å². The lowest BCUT2D eigenvalue weighted by atomic mass is 10.1. The van der Waals surface area contributed by atoms with Crippen LogP contribution in [0.15, 0.2) is 11.6 Å². The molecule has 0 bridgehead atoms. The van der Waals surface area contributed by atoms with E-state index < -0.39 is 0 Å². The van der Waals surface area contributed by atoms with Gasteiger partial charge in [-0.1, -0.05) is 51.9 Å². The fraction of sp³-hybridized carbons (Fsp3) is 0.833. The van der Waals surface area contributed by atoms with Crippen LogP contribution in [0, 0.1) is 0 Å². The fourth-order valence-electron chi connectivity index (χ4n) is 1.40. The maximum atomic E-state index is 3.96. The van der Waals surface area contributed by atoms with Gasteiger partial charge in [-0.2, -0.15) is 0 Å². The van der Waals surface area contributed by atoms with E-state index in [2.05, 4.69) is 24.4 Å². The second-order valence-corrected chi connectivity index (χ2v) is 3.51. The van der Waals surface area contributed by atoms with Crippen LogP contribution in [-0.2, 0) is 0 Å². The molecule has 76 valence electrons. The average molecular weight is 181 g/mol. The van der Waals surface area contributed by atoms with Crippen molar-refractivity contribution in [3.8, 4) is 0 Å². The number of hydrogen-bond acceptors (Lipinski definition) is 1. The number of hydrogen-bond donors (Lipinski definition) is 0. The molecule has 13 heavy (non-hydrogen) atoms. The highest BCUT2D eigenvalue weighted by Crippen LogP contribution is 2.07. The zero-order chi connectivity index (χ0) is 9.78. The topological polar surface area (TPSA) is 12.4 Å². The Hall–Kier alpha value is -0.550. The van der Waals surface area contributed by atoms with Gasteiger partial charge in [0.2, 0.25) is 0 Å². The van der Waals surface area contributed by atoms with E-state index in [1.54, 1.807) is 0 Å². The maximum Gasteiger partial charge on any atom is 0.0483 e. The van der Waals surface area contributed by atoms with Gasteiger partial charge in [0.25, 0.3) is 0 Å². The largest absolute Gasteiger partial charge is 0.244 e. The standard InChI is InChI=1S/C12H23N/c1-3-5-6-7-8-9-10-11-12-13-4-2/h2-3,5-12H2,1H3. The van der Waals surface area contributed by atoms with E-state index in [1.165, 1.54) is 51.4 Å². The summed E-state index contributed by atoms with van der Waals surface area (Å²) in [5.74, 6) is 2.56. The fourth-order valence-corrected chi connectivity index (χ4v) is 1.40. The molecule has 0 aliphatic rings. The van der Waals surface area contributed by atoms with Crippen LogP contribution in [0.3, 0.4) is 0 Å². The molecule has 0 radical (unpaired) electrons. The van der Waals surface area contributed by atoms with Crippen LogP contribution in [0.25, 0.3) is 0 Å². The first-order chi connectivity index (χ1) is 6.41. The van der Waals surface area contributed by atoms with Gasteiger partial charge in [0.1, 0.15) is 0 Å². The Kier molecular flexibility index (Phi) is 11.0. The van der Waals surface area contributed by atoms with Crippen LogP contribution in [0.5, 0.6) is 0 Å². The molecular formula is C12H23N. The summed E-state index contributed by atoms with van der Waals surface area (Å²) in [7, 11) is 0. The minimum Gasteiger partial charge on any atom is -0.244 e. The van der Waals surface area contributed by atoms with Gasteiger partial charge in [-0.25, -0.2) is 4.99 Å². The van der Waals surface area contributed by atoms with Crippen molar-refractivity contribution >= 4 is 5.87 Å². The van der Waals surface area contributed by atoms with Crippen LogP contribution >= 0.6 is 0 Å². The van der Waals surface area contributed by atoms with Gasteiger partial charge in [-0.15, -0.1) is 0 Å². The minimum atomic E-state index is 0.915. The summed E-state index contributed by atoms with van der Waals surface area (Å²) >= 11 is 0. The van der Waals surface area contributed by atoms with Crippen molar-refractivity contribution in [3.63, 3.8) is 0 Å². The molecule has 0 rings (SSSR count). The molecule has 0 saturated carbocycles. The van der Waals surface area contributed by atoms with Crippen molar-refractivity contribution in [2.45, 2.75) is 58.3 Å². The molecule has 0 aromatic rings. The molecule has 0 aromatic heterocycles. The molecule has 0 aliphatic heterocycles. The Morgan fingerprint density at radius 2 is 1.46 bits per heavy atom. The first kappa shape index (κ1) is 12.4. The van der Waals surface area contributed by atoms with E-state index >= 15 is 0 Å². The monoisotopic (exact) mass is 181 g/mol. The Morgan fingerprint density at radius 3 is 2.00 bits per heavy atom. The van der Waals surface area contributed by atoms with E-state index in [-0.39, 0.29) is 0 Å². The van der Waals surface area contributed by atoms with Gasteiger partial charge in [0, 0.05) is 6.54 Å². The second-order valence-electron chi connectivity index (χ2n) is 3.51. The van der Waals surface area contributed by atoms with E-state index in [1.807, 2.05) is 0 Å². The molecule has 0 fully saturated rings.